The van der Waals surface area contributed by atoms with E-state index >= 15 is 0 Å². The Morgan fingerprint density at radius 3 is 2.36 bits per heavy atom. The van der Waals surface area contributed by atoms with E-state index < -0.39 is 11.9 Å². The van der Waals surface area contributed by atoms with Gasteiger partial charge in [-0.2, -0.15) is 0 Å². The van der Waals surface area contributed by atoms with Crippen LogP contribution in [0.4, 0.5) is 4.39 Å². The van der Waals surface area contributed by atoms with Crippen LogP contribution in [-0.2, 0) is 28.3 Å². The smallest absolute Gasteiger partial charge is 0.243 e. The van der Waals surface area contributed by atoms with Crippen molar-refractivity contribution >= 4 is 46.8 Å². The molecular weight excluding hydrogens is 518 g/mol. The number of hydrogen-bond acceptors (Lipinski definition) is 3. The molecule has 0 saturated carbocycles. The maximum atomic E-state index is 14.2. The maximum Gasteiger partial charge on any atom is 0.243 e. The molecule has 8 heteroatoms. The summed E-state index contributed by atoms with van der Waals surface area (Å²) in [6, 6.07) is 20.7. The number of amides is 2. The molecule has 0 aromatic heterocycles. The number of rotatable bonds is 12. The first kappa shape index (κ1) is 28.0. The molecule has 190 valence electrons. The summed E-state index contributed by atoms with van der Waals surface area (Å²) in [5, 5.41) is 3.87. The van der Waals surface area contributed by atoms with Gasteiger partial charge < -0.3 is 10.2 Å². The van der Waals surface area contributed by atoms with Gasteiger partial charge >= 0.3 is 0 Å². The molecule has 0 aliphatic carbocycles. The van der Waals surface area contributed by atoms with E-state index in [1.165, 1.54) is 17.8 Å². The third kappa shape index (κ3) is 8.26. The highest BCUT2D eigenvalue weighted by Crippen LogP contribution is 2.25. The molecule has 1 atom stereocenters. The Bertz CT molecular complexity index is 1130. The molecule has 0 bridgehead atoms. The lowest BCUT2D eigenvalue weighted by Gasteiger charge is -2.31. The van der Waals surface area contributed by atoms with E-state index in [0.29, 0.717) is 28.6 Å². The Hall–Kier alpha value is -2.54. The van der Waals surface area contributed by atoms with Crippen LogP contribution in [-0.4, -0.2) is 35.1 Å². The molecule has 0 fully saturated rings. The summed E-state index contributed by atoms with van der Waals surface area (Å²) in [4.78, 5) is 28.4. The number of nitrogens with zero attached hydrogens (tertiary/aromatic N) is 1. The standard InChI is InChI=1S/C28H29Cl2FN2O2S/c1-2-15-32-28(35)26(16-20-7-4-3-5-8-20)33(17-21-11-13-22(29)14-12-21)27(34)19-36-18-23-24(30)9-6-10-25(23)31/h3-14,26H,2,15-19H2,1H3,(H,32,35). The number of carbonyl (C=O) groups is 2. The van der Waals surface area contributed by atoms with Crippen molar-refractivity contribution in [2.75, 3.05) is 12.3 Å². The largest absolute Gasteiger partial charge is 0.354 e. The molecule has 0 saturated heterocycles. The van der Waals surface area contributed by atoms with Crippen LogP contribution < -0.4 is 5.32 Å². The first-order chi connectivity index (χ1) is 17.4. The van der Waals surface area contributed by atoms with Crippen LogP contribution >= 0.6 is 35.0 Å². The minimum atomic E-state index is -0.709. The van der Waals surface area contributed by atoms with Crippen LogP contribution in [0.1, 0.15) is 30.0 Å². The molecule has 0 aliphatic heterocycles. The van der Waals surface area contributed by atoms with E-state index in [2.05, 4.69) is 5.32 Å². The highest BCUT2D eigenvalue weighted by Gasteiger charge is 2.30. The monoisotopic (exact) mass is 546 g/mol. The lowest BCUT2D eigenvalue weighted by molar-refractivity contribution is -0.139. The van der Waals surface area contributed by atoms with Crippen molar-refractivity contribution in [2.24, 2.45) is 0 Å². The van der Waals surface area contributed by atoms with Gasteiger partial charge in [0.05, 0.1) is 5.75 Å². The molecule has 1 unspecified atom stereocenters. The quantitative estimate of drug-likeness (QED) is 0.281. The summed E-state index contributed by atoms with van der Waals surface area (Å²) in [6.45, 7) is 2.75. The molecule has 0 spiro atoms. The zero-order chi connectivity index (χ0) is 25.9. The van der Waals surface area contributed by atoms with Crippen molar-refractivity contribution in [1.29, 1.82) is 0 Å². The Labute approximate surface area is 226 Å². The SMILES string of the molecule is CCCNC(=O)C(Cc1ccccc1)N(Cc1ccc(Cl)cc1)C(=O)CSCc1c(F)cccc1Cl. The number of thioether (sulfide) groups is 1. The third-order valence-electron chi connectivity index (χ3n) is 5.62. The molecular formula is C28H29Cl2FN2O2S. The fourth-order valence-electron chi connectivity index (χ4n) is 3.70. The summed E-state index contributed by atoms with van der Waals surface area (Å²) in [7, 11) is 0. The van der Waals surface area contributed by atoms with E-state index in [-0.39, 0.29) is 29.9 Å². The van der Waals surface area contributed by atoms with Crippen LogP contribution in [0.2, 0.25) is 10.0 Å². The van der Waals surface area contributed by atoms with Crippen molar-refractivity contribution in [2.45, 2.75) is 38.1 Å². The van der Waals surface area contributed by atoms with Gasteiger partial charge in [-0.1, -0.05) is 78.7 Å². The second kappa shape index (κ2) is 14.3. The summed E-state index contributed by atoms with van der Waals surface area (Å²) in [5.74, 6) is -0.497. The molecule has 0 aliphatic rings. The van der Waals surface area contributed by atoms with Crippen LogP contribution in [0.3, 0.4) is 0 Å². The highest BCUT2D eigenvalue weighted by molar-refractivity contribution is 7.99. The second-order valence-electron chi connectivity index (χ2n) is 8.34. The van der Waals surface area contributed by atoms with Gasteiger partial charge in [0.2, 0.25) is 11.8 Å². The third-order valence-corrected chi connectivity index (χ3v) is 7.17. The van der Waals surface area contributed by atoms with Gasteiger partial charge in [-0.05, 0) is 41.8 Å². The molecule has 1 N–H and O–H groups in total. The van der Waals surface area contributed by atoms with Crippen LogP contribution in [0, 0.1) is 5.82 Å². The molecule has 2 amide bonds. The van der Waals surface area contributed by atoms with E-state index in [1.807, 2.05) is 49.4 Å². The number of benzene rings is 3. The predicted molar refractivity (Wildman–Crippen MR) is 147 cm³/mol. The molecule has 0 heterocycles. The molecule has 36 heavy (non-hydrogen) atoms. The van der Waals surface area contributed by atoms with Gasteiger partial charge in [0.1, 0.15) is 11.9 Å². The van der Waals surface area contributed by atoms with Gasteiger partial charge in [-0.25, -0.2) is 4.39 Å². The predicted octanol–water partition coefficient (Wildman–Crippen LogP) is 6.53. The minimum Gasteiger partial charge on any atom is -0.354 e. The minimum absolute atomic E-state index is 0.0740. The van der Waals surface area contributed by atoms with E-state index in [0.717, 1.165) is 17.5 Å². The lowest BCUT2D eigenvalue weighted by Crippen LogP contribution is -2.51. The average Bonchev–Trinajstić information content (AvgIpc) is 2.88. The fourth-order valence-corrected chi connectivity index (χ4v) is 5.08. The van der Waals surface area contributed by atoms with E-state index in [9.17, 15) is 14.0 Å². The topological polar surface area (TPSA) is 49.4 Å². The molecule has 3 rings (SSSR count). The zero-order valence-electron chi connectivity index (χ0n) is 20.1. The van der Waals surface area contributed by atoms with Crippen molar-refractivity contribution in [3.05, 3.63) is 105 Å². The zero-order valence-corrected chi connectivity index (χ0v) is 22.4. The second-order valence-corrected chi connectivity index (χ2v) is 10.2. The van der Waals surface area contributed by atoms with Crippen LogP contribution in [0.5, 0.6) is 0 Å². The summed E-state index contributed by atoms with van der Waals surface area (Å²) >= 11 is 13.5. The Morgan fingerprint density at radius 2 is 1.69 bits per heavy atom. The van der Waals surface area contributed by atoms with Crippen LogP contribution in [0.15, 0.2) is 72.8 Å². The van der Waals surface area contributed by atoms with Crippen molar-refractivity contribution in [1.82, 2.24) is 10.2 Å². The summed E-state index contributed by atoms with van der Waals surface area (Å²) in [5.41, 5.74) is 2.17. The van der Waals surface area contributed by atoms with Crippen molar-refractivity contribution in [3.63, 3.8) is 0 Å². The van der Waals surface area contributed by atoms with Crippen molar-refractivity contribution < 1.29 is 14.0 Å². The number of nitrogens with one attached hydrogen (secondary N) is 1. The molecule has 3 aromatic rings. The van der Waals surface area contributed by atoms with E-state index in [4.69, 9.17) is 23.2 Å². The lowest BCUT2D eigenvalue weighted by atomic mass is 10.0. The Kier molecular flexibility index (Phi) is 11.1. The summed E-state index contributed by atoms with van der Waals surface area (Å²) < 4.78 is 14.2. The Balaban J connectivity index is 1.84. The number of carbonyl (C=O) groups excluding carboxylic acids is 2. The number of hydrogen-bond donors (Lipinski definition) is 1. The first-order valence-electron chi connectivity index (χ1n) is 11.7. The van der Waals surface area contributed by atoms with Gasteiger partial charge in [-0.15, -0.1) is 11.8 Å². The fraction of sp³-hybridized carbons (Fsp3) is 0.286. The van der Waals surface area contributed by atoms with Gasteiger partial charge in [0, 0.05) is 40.9 Å². The highest BCUT2D eigenvalue weighted by atomic mass is 35.5. The molecule has 3 aromatic carbocycles. The van der Waals surface area contributed by atoms with E-state index in [1.54, 1.807) is 29.2 Å². The molecule has 4 nitrogen and oxygen atoms in total. The Morgan fingerprint density at radius 1 is 0.972 bits per heavy atom. The van der Waals surface area contributed by atoms with Gasteiger partial charge in [0.15, 0.2) is 0 Å². The van der Waals surface area contributed by atoms with Crippen molar-refractivity contribution in [3.8, 4) is 0 Å². The summed E-state index contributed by atoms with van der Waals surface area (Å²) in [6.07, 6.45) is 1.16. The molecule has 0 radical (unpaired) electrons. The van der Waals surface area contributed by atoms with Gasteiger partial charge in [0.25, 0.3) is 0 Å². The normalized spacial score (nSPS) is 11.7. The first-order valence-corrected chi connectivity index (χ1v) is 13.7. The van der Waals surface area contributed by atoms with Crippen LogP contribution in [0.25, 0.3) is 0 Å². The van der Waals surface area contributed by atoms with Gasteiger partial charge in [-0.3, -0.25) is 9.59 Å². The number of halogens is 3. The average molecular weight is 548 g/mol. The maximum absolute atomic E-state index is 14.2.